The van der Waals surface area contributed by atoms with Crippen molar-refractivity contribution in [2.24, 2.45) is 0 Å². The molecule has 0 saturated heterocycles. The monoisotopic (exact) mass is 584 g/mol. The maximum absolute atomic E-state index is 3.89. The van der Waals surface area contributed by atoms with E-state index in [1.165, 1.54) is 76.5 Å². The van der Waals surface area contributed by atoms with Crippen LogP contribution in [0.15, 0.2) is 156 Å². The van der Waals surface area contributed by atoms with Gasteiger partial charge in [0.1, 0.15) is 0 Å². The molecule has 192 valence electrons. The highest BCUT2D eigenvalue weighted by molar-refractivity contribution is 9.10. The minimum atomic E-state index is 1.12. The highest BCUT2D eigenvalue weighted by Crippen LogP contribution is 2.47. The molecular weight excluding hydrogens is 560 g/mol. The topological polar surface area (TPSA) is 0 Å². The van der Waals surface area contributed by atoms with Crippen LogP contribution in [-0.2, 0) is 0 Å². The summed E-state index contributed by atoms with van der Waals surface area (Å²) in [6.45, 7) is 0. The zero-order valence-corrected chi connectivity index (χ0v) is 23.9. The zero-order valence-electron chi connectivity index (χ0n) is 22.3. The van der Waals surface area contributed by atoms with Gasteiger partial charge < -0.3 is 0 Å². The Morgan fingerprint density at radius 1 is 0.317 bits per heavy atom. The number of benzene rings is 8. The van der Waals surface area contributed by atoms with E-state index >= 15 is 0 Å². The van der Waals surface area contributed by atoms with E-state index in [9.17, 15) is 0 Å². The minimum absolute atomic E-state index is 1.12. The second-order valence-electron chi connectivity index (χ2n) is 10.6. The zero-order chi connectivity index (χ0) is 27.3. The summed E-state index contributed by atoms with van der Waals surface area (Å²) in [4.78, 5) is 0. The first kappa shape index (κ1) is 24.1. The number of hydrogen-bond acceptors (Lipinski definition) is 0. The first-order chi connectivity index (χ1) is 20.3. The van der Waals surface area contributed by atoms with Crippen LogP contribution in [0.25, 0.3) is 76.5 Å². The van der Waals surface area contributed by atoms with Crippen molar-refractivity contribution in [1.29, 1.82) is 0 Å². The Labute approximate surface area is 247 Å². The first-order valence-electron chi connectivity index (χ1n) is 14.0. The molecule has 0 nitrogen and oxygen atoms in total. The van der Waals surface area contributed by atoms with Crippen LogP contribution in [0.1, 0.15) is 0 Å². The van der Waals surface area contributed by atoms with E-state index in [2.05, 4.69) is 168 Å². The standard InChI is InChI=1S/C40H25Br/c41-37-25-24-35(36-23-22-28-12-4-5-13-30(28)40(36)37)39-33-16-8-6-14-31(33)38(32-15-7-9-17-34(32)39)29-20-18-27(19-21-29)26-10-2-1-3-11-26/h1-25H. The van der Waals surface area contributed by atoms with Crippen molar-refractivity contribution >= 4 is 59.0 Å². The predicted octanol–water partition coefficient (Wildman–Crippen LogP) is 12.1. The minimum Gasteiger partial charge on any atom is -0.0622 e. The lowest BCUT2D eigenvalue weighted by Crippen LogP contribution is -1.92. The Bertz CT molecular complexity index is 2190. The molecule has 0 aliphatic heterocycles. The molecule has 1 heteroatoms. The Hall–Kier alpha value is -4.72. The number of halogens is 1. The van der Waals surface area contributed by atoms with Crippen LogP contribution in [0.4, 0.5) is 0 Å². The van der Waals surface area contributed by atoms with Crippen molar-refractivity contribution in [2.75, 3.05) is 0 Å². The molecule has 0 amide bonds. The van der Waals surface area contributed by atoms with Crippen LogP contribution >= 0.6 is 15.9 Å². The third kappa shape index (κ3) is 3.89. The molecular formula is C40H25Br. The van der Waals surface area contributed by atoms with Crippen molar-refractivity contribution in [3.8, 4) is 33.4 Å². The van der Waals surface area contributed by atoms with Gasteiger partial charge in [0, 0.05) is 9.86 Å². The Balaban J connectivity index is 1.44. The fraction of sp³-hybridized carbons (Fsp3) is 0. The summed E-state index contributed by atoms with van der Waals surface area (Å²) in [5.41, 5.74) is 7.52. The maximum atomic E-state index is 3.89. The third-order valence-electron chi connectivity index (χ3n) is 8.34. The lowest BCUT2D eigenvalue weighted by atomic mass is 9.84. The second-order valence-corrected chi connectivity index (χ2v) is 11.4. The molecule has 8 aromatic carbocycles. The second kappa shape index (κ2) is 9.73. The van der Waals surface area contributed by atoms with E-state index in [1.807, 2.05) is 0 Å². The average molecular weight is 586 g/mol. The van der Waals surface area contributed by atoms with Gasteiger partial charge in [0.25, 0.3) is 0 Å². The van der Waals surface area contributed by atoms with Gasteiger partial charge in [-0.2, -0.15) is 0 Å². The molecule has 0 atom stereocenters. The summed E-state index contributed by atoms with van der Waals surface area (Å²) in [6.07, 6.45) is 0. The van der Waals surface area contributed by atoms with E-state index in [4.69, 9.17) is 0 Å². The van der Waals surface area contributed by atoms with Gasteiger partial charge in [-0.1, -0.05) is 162 Å². The Morgan fingerprint density at radius 3 is 1.49 bits per heavy atom. The SMILES string of the molecule is Brc1ccc(-c2c3ccccc3c(-c3ccc(-c4ccccc4)cc3)c3ccccc23)c2ccc3ccccc3c12. The highest BCUT2D eigenvalue weighted by atomic mass is 79.9. The van der Waals surface area contributed by atoms with Crippen LogP contribution in [0, 0.1) is 0 Å². The van der Waals surface area contributed by atoms with Crippen LogP contribution < -0.4 is 0 Å². The molecule has 0 aliphatic carbocycles. The molecule has 0 heterocycles. The fourth-order valence-electron chi connectivity index (χ4n) is 6.49. The van der Waals surface area contributed by atoms with Crippen LogP contribution in [-0.4, -0.2) is 0 Å². The molecule has 0 fully saturated rings. The van der Waals surface area contributed by atoms with Gasteiger partial charge in [-0.15, -0.1) is 0 Å². The summed E-state index contributed by atoms with van der Waals surface area (Å²) in [7, 11) is 0. The molecule has 0 bridgehead atoms. The van der Waals surface area contributed by atoms with Crippen LogP contribution in [0.5, 0.6) is 0 Å². The summed E-state index contributed by atoms with van der Waals surface area (Å²) in [6, 6.07) is 55.1. The van der Waals surface area contributed by atoms with E-state index in [0.29, 0.717) is 0 Å². The van der Waals surface area contributed by atoms with Crippen LogP contribution in [0.2, 0.25) is 0 Å². The van der Waals surface area contributed by atoms with Gasteiger partial charge in [-0.25, -0.2) is 0 Å². The first-order valence-corrected chi connectivity index (χ1v) is 14.8. The van der Waals surface area contributed by atoms with Crippen molar-refractivity contribution in [1.82, 2.24) is 0 Å². The predicted molar refractivity (Wildman–Crippen MR) is 180 cm³/mol. The quantitative estimate of drug-likeness (QED) is 0.143. The lowest BCUT2D eigenvalue weighted by Gasteiger charge is -2.19. The number of hydrogen-bond donors (Lipinski definition) is 0. The van der Waals surface area contributed by atoms with Crippen LogP contribution in [0.3, 0.4) is 0 Å². The van der Waals surface area contributed by atoms with Gasteiger partial charge in [0.2, 0.25) is 0 Å². The molecule has 0 unspecified atom stereocenters. The summed E-state index contributed by atoms with van der Waals surface area (Å²) >= 11 is 3.89. The molecule has 0 aliphatic rings. The average Bonchev–Trinajstić information content (AvgIpc) is 3.04. The van der Waals surface area contributed by atoms with Gasteiger partial charge >= 0.3 is 0 Å². The summed E-state index contributed by atoms with van der Waals surface area (Å²) in [5, 5.41) is 10.1. The fourth-order valence-corrected chi connectivity index (χ4v) is 7.05. The summed E-state index contributed by atoms with van der Waals surface area (Å²) < 4.78 is 1.12. The Kier molecular flexibility index (Phi) is 5.72. The Morgan fingerprint density at radius 2 is 0.829 bits per heavy atom. The van der Waals surface area contributed by atoms with Gasteiger partial charge in [-0.3, -0.25) is 0 Å². The van der Waals surface area contributed by atoms with E-state index in [1.54, 1.807) is 0 Å². The van der Waals surface area contributed by atoms with Crippen molar-refractivity contribution < 1.29 is 0 Å². The highest BCUT2D eigenvalue weighted by Gasteiger charge is 2.19. The van der Waals surface area contributed by atoms with Crippen molar-refractivity contribution in [3.05, 3.63) is 156 Å². The van der Waals surface area contributed by atoms with Crippen molar-refractivity contribution in [2.45, 2.75) is 0 Å². The van der Waals surface area contributed by atoms with E-state index in [-0.39, 0.29) is 0 Å². The molecule has 0 saturated carbocycles. The molecule has 0 spiro atoms. The molecule has 0 N–H and O–H groups in total. The molecule has 8 rings (SSSR count). The van der Waals surface area contributed by atoms with Crippen molar-refractivity contribution in [3.63, 3.8) is 0 Å². The van der Waals surface area contributed by atoms with E-state index in [0.717, 1.165) is 4.47 Å². The van der Waals surface area contributed by atoms with Gasteiger partial charge in [-0.05, 0) is 77.2 Å². The molecule has 0 aromatic heterocycles. The van der Waals surface area contributed by atoms with Gasteiger partial charge in [0.15, 0.2) is 0 Å². The normalized spacial score (nSPS) is 11.5. The maximum Gasteiger partial charge on any atom is 0.0260 e. The number of fused-ring (bicyclic) bond motifs is 5. The molecule has 41 heavy (non-hydrogen) atoms. The number of rotatable bonds is 3. The third-order valence-corrected chi connectivity index (χ3v) is 9.00. The smallest absolute Gasteiger partial charge is 0.0260 e. The van der Waals surface area contributed by atoms with Gasteiger partial charge in [0.05, 0.1) is 0 Å². The van der Waals surface area contributed by atoms with E-state index < -0.39 is 0 Å². The summed E-state index contributed by atoms with van der Waals surface area (Å²) in [5.74, 6) is 0. The largest absolute Gasteiger partial charge is 0.0622 e. The molecule has 8 aromatic rings. The lowest BCUT2D eigenvalue weighted by molar-refractivity contribution is 1.61. The molecule has 0 radical (unpaired) electrons.